The second-order valence-electron chi connectivity index (χ2n) is 3.58. The molecule has 96 valence electrons. The second-order valence-corrected chi connectivity index (χ2v) is 3.58. The summed E-state index contributed by atoms with van der Waals surface area (Å²) in [6, 6.07) is 6.32. The summed E-state index contributed by atoms with van der Waals surface area (Å²) in [5, 5.41) is 9.68. The third kappa shape index (κ3) is 3.70. The Morgan fingerprint density at radius 3 is 2.59 bits per heavy atom. The number of nitrogens with two attached hydrogens (primary N) is 1. The van der Waals surface area contributed by atoms with Crippen LogP contribution in [0.2, 0.25) is 0 Å². The van der Waals surface area contributed by atoms with E-state index in [9.17, 15) is 9.90 Å². The SMILES string of the molecule is CC[C@H](O)[C@H](N)c1ccccc1C(=O)OC.Cl. The van der Waals surface area contributed by atoms with Gasteiger partial charge >= 0.3 is 5.97 Å². The molecule has 0 heterocycles. The minimum atomic E-state index is -0.661. The Labute approximate surface area is 107 Å². The van der Waals surface area contributed by atoms with E-state index in [1.165, 1.54) is 7.11 Å². The van der Waals surface area contributed by atoms with Crippen molar-refractivity contribution >= 4 is 18.4 Å². The Morgan fingerprint density at radius 1 is 1.47 bits per heavy atom. The molecule has 17 heavy (non-hydrogen) atoms. The summed E-state index contributed by atoms with van der Waals surface area (Å²) in [5.41, 5.74) is 6.91. The van der Waals surface area contributed by atoms with Crippen molar-refractivity contribution in [3.8, 4) is 0 Å². The van der Waals surface area contributed by atoms with E-state index < -0.39 is 18.1 Å². The molecule has 0 radical (unpaired) electrons. The predicted molar refractivity (Wildman–Crippen MR) is 68.3 cm³/mol. The summed E-state index contributed by atoms with van der Waals surface area (Å²) in [7, 11) is 1.32. The first-order valence-electron chi connectivity index (χ1n) is 5.22. The van der Waals surface area contributed by atoms with Crippen LogP contribution in [0.4, 0.5) is 0 Å². The third-order valence-electron chi connectivity index (χ3n) is 2.56. The molecule has 0 aromatic heterocycles. The van der Waals surface area contributed by atoms with Gasteiger partial charge in [0.25, 0.3) is 0 Å². The number of carbonyl (C=O) groups excluding carboxylic acids is 1. The van der Waals surface area contributed by atoms with Crippen molar-refractivity contribution in [1.82, 2.24) is 0 Å². The average Bonchev–Trinajstić information content (AvgIpc) is 2.35. The van der Waals surface area contributed by atoms with Gasteiger partial charge in [0.1, 0.15) is 0 Å². The zero-order valence-electron chi connectivity index (χ0n) is 9.92. The van der Waals surface area contributed by atoms with Gasteiger partial charge in [0, 0.05) is 0 Å². The number of halogens is 1. The lowest BCUT2D eigenvalue weighted by molar-refractivity contribution is 0.0596. The van der Waals surface area contributed by atoms with Crippen molar-refractivity contribution in [3.63, 3.8) is 0 Å². The number of benzene rings is 1. The molecule has 0 unspecified atom stereocenters. The Kier molecular flexibility index (Phi) is 6.80. The van der Waals surface area contributed by atoms with Crippen LogP contribution in [-0.4, -0.2) is 24.3 Å². The van der Waals surface area contributed by atoms with E-state index >= 15 is 0 Å². The van der Waals surface area contributed by atoms with Crippen LogP contribution in [0.3, 0.4) is 0 Å². The van der Waals surface area contributed by atoms with Gasteiger partial charge in [-0.2, -0.15) is 0 Å². The molecule has 2 atom stereocenters. The van der Waals surface area contributed by atoms with Crippen molar-refractivity contribution in [3.05, 3.63) is 35.4 Å². The number of ether oxygens (including phenoxy) is 1. The van der Waals surface area contributed by atoms with E-state index in [4.69, 9.17) is 5.73 Å². The maximum atomic E-state index is 11.5. The summed E-state index contributed by atoms with van der Waals surface area (Å²) in [5.74, 6) is -0.436. The molecule has 0 saturated heterocycles. The molecule has 0 amide bonds. The Bertz CT molecular complexity index is 371. The minimum Gasteiger partial charge on any atom is -0.465 e. The molecule has 3 N–H and O–H groups in total. The molecule has 0 spiro atoms. The van der Waals surface area contributed by atoms with E-state index in [0.717, 1.165) is 0 Å². The van der Waals surface area contributed by atoms with Gasteiger partial charge in [-0.3, -0.25) is 0 Å². The molecule has 4 nitrogen and oxygen atoms in total. The van der Waals surface area contributed by atoms with Gasteiger partial charge in [-0.05, 0) is 18.1 Å². The highest BCUT2D eigenvalue weighted by atomic mass is 35.5. The standard InChI is InChI=1S/C12H17NO3.ClH/c1-3-10(14)11(13)8-6-4-5-7-9(8)12(15)16-2;/h4-7,10-11,14H,3,13H2,1-2H3;1H/t10-,11+;/m0./s1. The maximum absolute atomic E-state index is 11.5. The van der Waals surface area contributed by atoms with E-state index in [-0.39, 0.29) is 12.4 Å². The quantitative estimate of drug-likeness (QED) is 0.807. The van der Waals surface area contributed by atoms with Crippen molar-refractivity contribution in [2.75, 3.05) is 7.11 Å². The van der Waals surface area contributed by atoms with Gasteiger partial charge in [0.05, 0.1) is 24.8 Å². The lowest BCUT2D eigenvalue weighted by atomic mass is 9.96. The third-order valence-corrected chi connectivity index (χ3v) is 2.56. The van der Waals surface area contributed by atoms with Crippen molar-refractivity contribution in [1.29, 1.82) is 0 Å². The zero-order chi connectivity index (χ0) is 12.1. The molecule has 0 bridgehead atoms. The van der Waals surface area contributed by atoms with Crippen LogP contribution >= 0.6 is 12.4 Å². The van der Waals surface area contributed by atoms with E-state index in [1.807, 2.05) is 6.92 Å². The first kappa shape index (κ1) is 15.9. The van der Waals surface area contributed by atoms with Crippen LogP contribution in [0.15, 0.2) is 24.3 Å². The summed E-state index contributed by atoms with van der Waals surface area (Å²) in [6.45, 7) is 1.84. The van der Waals surface area contributed by atoms with Crippen molar-refractivity contribution in [2.45, 2.75) is 25.5 Å². The van der Waals surface area contributed by atoms with Crippen molar-refractivity contribution in [2.24, 2.45) is 5.73 Å². The van der Waals surface area contributed by atoms with Gasteiger partial charge in [-0.25, -0.2) is 4.79 Å². The fraction of sp³-hybridized carbons (Fsp3) is 0.417. The number of carbonyl (C=O) groups is 1. The highest BCUT2D eigenvalue weighted by Crippen LogP contribution is 2.21. The number of rotatable bonds is 4. The smallest absolute Gasteiger partial charge is 0.338 e. The van der Waals surface area contributed by atoms with Crippen molar-refractivity contribution < 1.29 is 14.6 Å². The Balaban J connectivity index is 0.00000256. The number of aliphatic hydroxyl groups is 1. The van der Waals surface area contributed by atoms with Crippen LogP contribution in [0.25, 0.3) is 0 Å². The lowest BCUT2D eigenvalue weighted by Gasteiger charge is -2.19. The molecule has 1 aromatic rings. The van der Waals surface area contributed by atoms with Crippen LogP contribution in [0.1, 0.15) is 35.3 Å². The van der Waals surface area contributed by atoms with Crippen LogP contribution in [0.5, 0.6) is 0 Å². The van der Waals surface area contributed by atoms with E-state index in [2.05, 4.69) is 4.74 Å². The van der Waals surface area contributed by atoms with Gasteiger partial charge in [-0.1, -0.05) is 25.1 Å². The molecule has 0 fully saturated rings. The molecule has 1 rings (SSSR count). The van der Waals surface area contributed by atoms with Crippen LogP contribution in [-0.2, 0) is 4.74 Å². The van der Waals surface area contributed by atoms with Crippen LogP contribution < -0.4 is 5.73 Å². The first-order valence-corrected chi connectivity index (χ1v) is 5.22. The summed E-state index contributed by atoms with van der Waals surface area (Å²) >= 11 is 0. The summed E-state index contributed by atoms with van der Waals surface area (Å²) in [4.78, 5) is 11.5. The summed E-state index contributed by atoms with van der Waals surface area (Å²) in [6.07, 6.45) is -0.123. The Hall–Kier alpha value is -1.10. The highest BCUT2D eigenvalue weighted by Gasteiger charge is 2.21. The first-order chi connectivity index (χ1) is 7.61. The van der Waals surface area contributed by atoms with Gasteiger partial charge < -0.3 is 15.6 Å². The number of hydrogen-bond donors (Lipinski definition) is 2. The fourth-order valence-electron chi connectivity index (χ4n) is 1.54. The molecule has 1 aromatic carbocycles. The fourth-order valence-corrected chi connectivity index (χ4v) is 1.54. The molecule has 5 heteroatoms. The molecule has 0 saturated carbocycles. The van der Waals surface area contributed by atoms with Gasteiger partial charge in [0.15, 0.2) is 0 Å². The number of methoxy groups -OCH3 is 1. The molecular formula is C12H18ClNO3. The van der Waals surface area contributed by atoms with Crippen LogP contribution in [0, 0.1) is 0 Å². The zero-order valence-corrected chi connectivity index (χ0v) is 10.7. The summed E-state index contributed by atoms with van der Waals surface area (Å²) < 4.78 is 4.66. The second kappa shape index (κ2) is 7.27. The molecule has 0 aliphatic heterocycles. The number of hydrogen-bond acceptors (Lipinski definition) is 4. The minimum absolute atomic E-state index is 0. The molecule has 0 aliphatic carbocycles. The average molecular weight is 260 g/mol. The highest BCUT2D eigenvalue weighted by molar-refractivity contribution is 5.91. The topological polar surface area (TPSA) is 72.5 Å². The normalized spacial score (nSPS) is 13.4. The van der Waals surface area contributed by atoms with E-state index in [1.54, 1.807) is 24.3 Å². The molecule has 0 aliphatic rings. The monoisotopic (exact) mass is 259 g/mol. The largest absolute Gasteiger partial charge is 0.465 e. The number of aliphatic hydroxyl groups excluding tert-OH is 1. The van der Waals surface area contributed by atoms with Gasteiger partial charge in [-0.15, -0.1) is 12.4 Å². The lowest BCUT2D eigenvalue weighted by Crippen LogP contribution is -2.27. The maximum Gasteiger partial charge on any atom is 0.338 e. The predicted octanol–water partition coefficient (Wildman–Crippen LogP) is 1.67. The Morgan fingerprint density at radius 2 is 2.06 bits per heavy atom. The molecular weight excluding hydrogens is 242 g/mol. The van der Waals surface area contributed by atoms with Gasteiger partial charge in [0.2, 0.25) is 0 Å². The number of esters is 1. The van der Waals surface area contributed by atoms with E-state index in [0.29, 0.717) is 17.5 Å².